The van der Waals surface area contributed by atoms with Gasteiger partial charge in [0, 0.05) is 11.6 Å². The summed E-state index contributed by atoms with van der Waals surface area (Å²) in [6, 6.07) is 18.9. The average Bonchev–Trinajstić information content (AvgIpc) is 2.42. The van der Waals surface area contributed by atoms with Gasteiger partial charge in [-0.05, 0) is 23.6 Å². The van der Waals surface area contributed by atoms with Crippen LogP contribution in [-0.2, 0) is 0 Å². The number of nitrogens with one attached hydrogen (secondary N) is 1. The van der Waals surface area contributed by atoms with Gasteiger partial charge in [-0.2, -0.15) is 0 Å². The lowest BCUT2D eigenvalue weighted by Crippen LogP contribution is -2.24. The summed E-state index contributed by atoms with van der Waals surface area (Å²) in [5.41, 5.74) is 3.77. The fraction of sp³-hybridized carbons (Fsp3) is 0.176. The van der Waals surface area contributed by atoms with Gasteiger partial charge in [0.1, 0.15) is 0 Å². The molecule has 0 aliphatic heterocycles. The van der Waals surface area contributed by atoms with E-state index in [4.69, 9.17) is 11.6 Å². The van der Waals surface area contributed by atoms with Crippen molar-refractivity contribution in [2.75, 3.05) is 6.54 Å². The van der Waals surface area contributed by atoms with Crippen molar-refractivity contribution in [3.8, 4) is 0 Å². The van der Waals surface area contributed by atoms with E-state index in [0.29, 0.717) is 11.6 Å². The molecule has 1 N–H and O–H groups in total. The molecule has 2 rings (SSSR count). The maximum Gasteiger partial charge on any atom is 0.0582 e. The Morgan fingerprint density at radius 2 is 1.74 bits per heavy atom. The highest BCUT2D eigenvalue weighted by Gasteiger charge is 2.14. The van der Waals surface area contributed by atoms with Crippen LogP contribution in [0.4, 0.5) is 0 Å². The van der Waals surface area contributed by atoms with Crippen LogP contribution in [0.25, 0.3) is 0 Å². The highest BCUT2D eigenvalue weighted by Crippen LogP contribution is 2.24. The molecule has 2 heteroatoms. The SMILES string of the molecule is C=C(Cl)CNC(c1ccccc1)c1ccccc1C. The van der Waals surface area contributed by atoms with Crippen molar-refractivity contribution in [3.05, 3.63) is 82.9 Å². The van der Waals surface area contributed by atoms with E-state index in [-0.39, 0.29) is 6.04 Å². The van der Waals surface area contributed by atoms with Crippen LogP contribution in [0, 0.1) is 6.92 Å². The van der Waals surface area contributed by atoms with Crippen molar-refractivity contribution in [1.29, 1.82) is 0 Å². The molecule has 0 saturated heterocycles. The van der Waals surface area contributed by atoms with E-state index < -0.39 is 0 Å². The smallest absolute Gasteiger partial charge is 0.0582 e. The largest absolute Gasteiger partial charge is 0.301 e. The van der Waals surface area contributed by atoms with E-state index in [1.807, 2.05) is 6.07 Å². The van der Waals surface area contributed by atoms with Crippen molar-refractivity contribution < 1.29 is 0 Å². The molecule has 0 aromatic heterocycles. The Morgan fingerprint density at radius 3 is 2.37 bits per heavy atom. The van der Waals surface area contributed by atoms with E-state index in [1.54, 1.807) is 0 Å². The molecule has 0 aliphatic carbocycles. The minimum absolute atomic E-state index is 0.137. The van der Waals surface area contributed by atoms with Crippen LogP contribution in [0.15, 0.2) is 66.2 Å². The number of rotatable bonds is 5. The summed E-state index contributed by atoms with van der Waals surface area (Å²) >= 11 is 5.88. The number of aryl methyl sites for hydroxylation is 1. The van der Waals surface area contributed by atoms with Gasteiger partial charge in [0.25, 0.3) is 0 Å². The zero-order valence-electron chi connectivity index (χ0n) is 11.1. The average molecular weight is 272 g/mol. The van der Waals surface area contributed by atoms with Gasteiger partial charge in [-0.25, -0.2) is 0 Å². The van der Waals surface area contributed by atoms with Gasteiger partial charge in [-0.3, -0.25) is 0 Å². The molecule has 1 unspecified atom stereocenters. The second kappa shape index (κ2) is 6.55. The van der Waals surface area contributed by atoms with E-state index >= 15 is 0 Å². The van der Waals surface area contributed by atoms with Crippen molar-refractivity contribution in [3.63, 3.8) is 0 Å². The fourth-order valence-electron chi connectivity index (χ4n) is 2.18. The van der Waals surface area contributed by atoms with Crippen LogP contribution in [0.1, 0.15) is 22.7 Å². The summed E-state index contributed by atoms with van der Waals surface area (Å²) in [6.45, 7) is 6.46. The number of benzene rings is 2. The topological polar surface area (TPSA) is 12.0 Å². The first kappa shape index (κ1) is 13.9. The highest BCUT2D eigenvalue weighted by atomic mass is 35.5. The Kier molecular flexibility index (Phi) is 4.78. The summed E-state index contributed by atoms with van der Waals surface area (Å²) < 4.78 is 0. The maximum atomic E-state index is 5.88. The predicted molar refractivity (Wildman–Crippen MR) is 82.5 cm³/mol. The van der Waals surface area contributed by atoms with Gasteiger partial charge >= 0.3 is 0 Å². The minimum Gasteiger partial charge on any atom is -0.301 e. The van der Waals surface area contributed by atoms with Crippen LogP contribution in [-0.4, -0.2) is 6.54 Å². The first-order valence-electron chi connectivity index (χ1n) is 6.35. The normalized spacial score (nSPS) is 12.1. The quantitative estimate of drug-likeness (QED) is 0.848. The summed E-state index contributed by atoms with van der Waals surface area (Å²) in [7, 11) is 0. The molecular weight excluding hydrogens is 254 g/mol. The Balaban J connectivity index is 2.35. The first-order valence-corrected chi connectivity index (χ1v) is 6.73. The zero-order chi connectivity index (χ0) is 13.7. The van der Waals surface area contributed by atoms with Crippen molar-refractivity contribution >= 4 is 11.6 Å². The molecule has 2 aromatic carbocycles. The number of hydrogen-bond donors (Lipinski definition) is 1. The maximum absolute atomic E-state index is 5.88. The van der Waals surface area contributed by atoms with Crippen LogP contribution in [0.2, 0.25) is 0 Å². The molecule has 98 valence electrons. The standard InChI is InChI=1S/C17H18ClN/c1-13-8-6-7-11-16(13)17(19-12-14(2)18)15-9-4-3-5-10-15/h3-11,17,19H,2,12H2,1H3. The molecule has 0 heterocycles. The van der Waals surface area contributed by atoms with Crippen molar-refractivity contribution in [2.45, 2.75) is 13.0 Å². The van der Waals surface area contributed by atoms with E-state index in [9.17, 15) is 0 Å². The molecule has 0 aliphatic rings. The Labute approximate surface area is 119 Å². The Morgan fingerprint density at radius 1 is 1.11 bits per heavy atom. The molecule has 0 amide bonds. The molecule has 1 atom stereocenters. The van der Waals surface area contributed by atoms with Crippen LogP contribution in [0.5, 0.6) is 0 Å². The third kappa shape index (κ3) is 3.69. The first-order chi connectivity index (χ1) is 9.18. The molecule has 0 bridgehead atoms. The molecule has 0 fully saturated rings. The van der Waals surface area contributed by atoms with Crippen LogP contribution < -0.4 is 5.32 Å². The summed E-state index contributed by atoms with van der Waals surface area (Å²) in [5.74, 6) is 0. The molecule has 0 spiro atoms. The van der Waals surface area contributed by atoms with Crippen molar-refractivity contribution in [1.82, 2.24) is 5.32 Å². The Hall–Kier alpha value is -1.57. The fourth-order valence-corrected chi connectivity index (χ4v) is 2.25. The van der Waals surface area contributed by atoms with Gasteiger partial charge in [-0.15, -0.1) is 0 Å². The zero-order valence-corrected chi connectivity index (χ0v) is 11.8. The molecule has 0 saturated carbocycles. The molecule has 19 heavy (non-hydrogen) atoms. The summed E-state index contributed by atoms with van der Waals surface area (Å²) in [6.07, 6.45) is 0. The molecular formula is C17H18ClN. The van der Waals surface area contributed by atoms with Gasteiger partial charge in [0.15, 0.2) is 0 Å². The lowest BCUT2D eigenvalue weighted by Gasteiger charge is -2.21. The van der Waals surface area contributed by atoms with Gasteiger partial charge in [0.2, 0.25) is 0 Å². The Bertz CT molecular complexity index is 548. The summed E-state index contributed by atoms with van der Waals surface area (Å²) in [4.78, 5) is 0. The third-order valence-electron chi connectivity index (χ3n) is 3.13. The number of hydrogen-bond acceptors (Lipinski definition) is 1. The summed E-state index contributed by atoms with van der Waals surface area (Å²) in [5, 5.41) is 4.08. The molecule has 2 aromatic rings. The van der Waals surface area contributed by atoms with E-state index in [2.05, 4.69) is 67.4 Å². The second-order valence-electron chi connectivity index (χ2n) is 4.60. The van der Waals surface area contributed by atoms with Crippen molar-refractivity contribution in [2.24, 2.45) is 0 Å². The minimum atomic E-state index is 0.137. The van der Waals surface area contributed by atoms with E-state index in [0.717, 1.165) is 0 Å². The molecule has 0 radical (unpaired) electrons. The third-order valence-corrected chi connectivity index (χ3v) is 3.26. The highest BCUT2D eigenvalue weighted by molar-refractivity contribution is 6.29. The lowest BCUT2D eigenvalue weighted by molar-refractivity contribution is 0.646. The van der Waals surface area contributed by atoms with Gasteiger partial charge < -0.3 is 5.32 Å². The lowest BCUT2D eigenvalue weighted by atomic mass is 9.95. The second-order valence-corrected chi connectivity index (χ2v) is 5.13. The van der Waals surface area contributed by atoms with Crippen LogP contribution >= 0.6 is 11.6 Å². The molecule has 1 nitrogen and oxygen atoms in total. The predicted octanol–water partition coefficient (Wildman–Crippen LogP) is 4.43. The van der Waals surface area contributed by atoms with E-state index in [1.165, 1.54) is 16.7 Å². The monoisotopic (exact) mass is 271 g/mol. The van der Waals surface area contributed by atoms with Gasteiger partial charge in [-0.1, -0.05) is 72.8 Å². The van der Waals surface area contributed by atoms with Crippen LogP contribution in [0.3, 0.4) is 0 Å². The van der Waals surface area contributed by atoms with Gasteiger partial charge in [0.05, 0.1) is 6.04 Å². The number of halogens is 1.